The molecule has 212 valence electrons. The van der Waals surface area contributed by atoms with Crippen molar-refractivity contribution in [1.29, 1.82) is 0 Å². The van der Waals surface area contributed by atoms with Crippen molar-refractivity contribution in [1.82, 2.24) is 20.9 Å². The number of ketones is 1. The molecule has 0 bridgehead atoms. The standard InChI is InChI=1S/C28H31N5O6.ClH/c1-38-22-10-9-21(34)24(26(22)39-2)25(35)16-5-7-17(8-6-16)27(36)32-19-4-3-12-30-15-20(19)33-28(37)18-11-13-31-23(29)14-18;/h5-11,13-14,19-20,30,34H,3-4,12,15H2,1-2H3,(H2,29,31)(H,32,36)(H,33,37);1H/t19-,20-;/m1./s1. The summed E-state index contributed by atoms with van der Waals surface area (Å²) in [5.74, 6) is -0.705. The molecule has 1 saturated heterocycles. The number of nitrogens with two attached hydrogens (primary N) is 1. The summed E-state index contributed by atoms with van der Waals surface area (Å²) in [6, 6.07) is 11.3. The van der Waals surface area contributed by atoms with E-state index in [0.29, 0.717) is 29.8 Å². The van der Waals surface area contributed by atoms with Crippen molar-refractivity contribution in [3.05, 3.63) is 77.0 Å². The lowest BCUT2D eigenvalue weighted by Gasteiger charge is -2.27. The van der Waals surface area contributed by atoms with E-state index in [1.165, 1.54) is 62.9 Å². The molecule has 0 spiro atoms. The van der Waals surface area contributed by atoms with E-state index < -0.39 is 5.78 Å². The maximum Gasteiger partial charge on any atom is 0.251 e. The highest BCUT2D eigenvalue weighted by atomic mass is 35.5. The van der Waals surface area contributed by atoms with Crippen LogP contribution in [-0.2, 0) is 0 Å². The third-order valence-corrected chi connectivity index (χ3v) is 6.55. The third-order valence-electron chi connectivity index (χ3n) is 6.55. The van der Waals surface area contributed by atoms with Crippen LogP contribution in [-0.4, -0.2) is 67.1 Å². The van der Waals surface area contributed by atoms with Gasteiger partial charge in [0, 0.05) is 29.4 Å². The Labute approximate surface area is 237 Å². The molecule has 2 amide bonds. The first-order valence-electron chi connectivity index (χ1n) is 12.4. The molecule has 0 unspecified atom stereocenters. The van der Waals surface area contributed by atoms with Gasteiger partial charge in [0.1, 0.15) is 17.1 Å². The lowest BCUT2D eigenvalue weighted by Crippen LogP contribution is -2.54. The molecule has 1 aromatic heterocycles. The van der Waals surface area contributed by atoms with E-state index in [1.54, 1.807) is 6.07 Å². The highest BCUT2D eigenvalue weighted by Gasteiger charge is 2.28. The second kappa shape index (κ2) is 13.6. The van der Waals surface area contributed by atoms with Crippen LogP contribution in [0.3, 0.4) is 0 Å². The minimum atomic E-state index is -0.482. The third kappa shape index (κ3) is 6.80. The van der Waals surface area contributed by atoms with E-state index in [4.69, 9.17) is 15.2 Å². The number of amides is 2. The number of nitrogens with zero attached hydrogens (tertiary/aromatic N) is 1. The molecule has 2 atom stereocenters. The number of aromatic nitrogens is 1. The second-order valence-electron chi connectivity index (χ2n) is 9.08. The number of aromatic hydroxyl groups is 1. The van der Waals surface area contributed by atoms with Crippen LogP contribution in [0.5, 0.6) is 17.2 Å². The van der Waals surface area contributed by atoms with E-state index >= 15 is 0 Å². The van der Waals surface area contributed by atoms with Gasteiger partial charge in [-0.3, -0.25) is 14.4 Å². The molecule has 6 N–H and O–H groups in total. The molecule has 1 aliphatic heterocycles. The predicted molar refractivity (Wildman–Crippen MR) is 152 cm³/mol. The van der Waals surface area contributed by atoms with Gasteiger partial charge in [-0.05, 0) is 55.8 Å². The van der Waals surface area contributed by atoms with Crippen LogP contribution in [0.15, 0.2) is 54.7 Å². The fraction of sp³-hybridized carbons (Fsp3) is 0.286. The quantitative estimate of drug-likeness (QED) is 0.256. The van der Waals surface area contributed by atoms with E-state index in [-0.39, 0.29) is 64.7 Å². The zero-order chi connectivity index (χ0) is 27.9. The number of carbonyl (C=O) groups is 3. The van der Waals surface area contributed by atoms with Crippen molar-refractivity contribution < 1.29 is 29.0 Å². The molecule has 11 nitrogen and oxygen atoms in total. The van der Waals surface area contributed by atoms with E-state index in [0.717, 1.165) is 13.0 Å². The summed E-state index contributed by atoms with van der Waals surface area (Å²) in [6.45, 7) is 1.24. The fourth-order valence-electron chi connectivity index (χ4n) is 4.52. The normalized spacial score (nSPS) is 16.6. The zero-order valence-corrected chi connectivity index (χ0v) is 22.9. The van der Waals surface area contributed by atoms with Crippen LogP contribution in [0.2, 0.25) is 0 Å². The lowest BCUT2D eigenvalue weighted by molar-refractivity contribution is 0.0882. The van der Waals surface area contributed by atoms with E-state index in [9.17, 15) is 19.5 Å². The molecule has 0 saturated carbocycles. The first-order valence-corrected chi connectivity index (χ1v) is 12.4. The van der Waals surface area contributed by atoms with Crippen molar-refractivity contribution in [3.63, 3.8) is 0 Å². The maximum absolute atomic E-state index is 13.2. The van der Waals surface area contributed by atoms with Gasteiger partial charge >= 0.3 is 0 Å². The average Bonchev–Trinajstić information content (AvgIpc) is 3.17. The molecule has 40 heavy (non-hydrogen) atoms. The largest absolute Gasteiger partial charge is 0.507 e. The predicted octanol–water partition coefficient (Wildman–Crippen LogP) is 2.32. The number of ether oxygens (including phenoxy) is 2. The van der Waals surface area contributed by atoms with Crippen LogP contribution in [0, 0.1) is 0 Å². The number of phenolic OH excluding ortho intramolecular Hbond substituents is 1. The number of rotatable bonds is 8. The molecule has 2 heterocycles. The number of pyridine rings is 1. The number of methoxy groups -OCH3 is 2. The van der Waals surface area contributed by atoms with Crippen LogP contribution < -0.4 is 31.2 Å². The van der Waals surface area contributed by atoms with Gasteiger partial charge in [0.25, 0.3) is 11.8 Å². The summed E-state index contributed by atoms with van der Waals surface area (Å²) in [6.07, 6.45) is 2.95. The average molecular weight is 570 g/mol. The van der Waals surface area contributed by atoms with Gasteiger partial charge < -0.3 is 36.3 Å². The Hall–Kier alpha value is -4.35. The van der Waals surface area contributed by atoms with Crippen molar-refractivity contribution in [3.8, 4) is 17.2 Å². The maximum atomic E-state index is 13.2. The van der Waals surface area contributed by atoms with Crippen LogP contribution in [0.1, 0.15) is 49.5 Å². The van der Waals surface area contributed by atoms with Crippen molar-refractivity contribution in [2.75, 3.05) is 33.0 Å². The monoisotopic (exact) mass is 569 g/mol. The van der Waals surface area contributed by atoms with Gasteiger partial charge in [0.2, 0.25) is 5.78 Å². The summed E-state index contributed by atoms with van der Waals surface area (Å²) >= 11 is 0. The highest BCUT2D eigenvalue weighted by molar-refractivity contribution is 6.13. The van der Waals surface area contributed by atoms with Gasteiger partial charge in [-0.15, -0.1) is 12.4 Å². The van der Waals surface area contributed by atoms with Crippen LogP contribution in [0.25, 0.3) is 0 Å². The number of phenols is 1. The Morgan fingerprint density at radius 2 is 1.62 bits per heavy atom. The molecule has 0 radical (unpaired) electrons. The topological polar surface area (TPSA) is 165 Å². The molecule has 3 aromatic rings. The Morgan fingerprint density at radius 1 is 0.950 bits per heavy atom. The van der Waals surface area contributed by atoms with E-state index in [2.05, 4.69) is 20.9 Å². The van der Waals surface area contributed by atoms with Gasteiger partial charge in [-0.2, -0.15) is 0 Å². The number of halogens is 1. The minimum absolute atomic E-state index is 0. The Morgan fingerprint density at radius 3 is 2.30 bits per heavy atom. The number of nitrogens with one attached hydrogen (secondary N) is 3. The minimum Gasteiger partial charge on any atom is -0.507 e. The number of hydrogen-bond donors (Lipinski definition) is 5. The fourth-order valence-corrected chi connectivity index (χ4v) is 4.52. The van der Waals surface area contributed by atoms with Crippen molar-refractivity contribution in [2.24, 2.45) is 0 Å². The van der Waals surface area contributed by atoms with E-state index in [1.807, 2.05) is 0 Å². The molecule has 2 aromatic carbocycles. The molecule has 1 aliphatic rings. The smallest absolute Gasteiger partial charge is 0.251 e. The lowest BCUT2D eigenvalue weighted by atomic mass is 9.99. The number of nitrogen functional groups attached to an aromatic ring is 1. The Bertz CT molecular complexity index is 1370. The van der Waals surface area contributed by atoms with Gasteiger partial charge in [-0.25, -0.2) is 4.98 Å². The SMILES string of the molecule is COc1ccc(O)c(C(=O)c2ccc(C(=O)N[C@@H]3CCCNC[C@H]3NC(=O)c3ccnc(N)c3)cc2)c1OC.Cl. The number of hydrogen-bond acceptors (Lipinski definition) is 9. The molecular weight excluding hydrogens is 538 g/mol. The van der Waals surface area contributed by atoms with Crippen molar-refractivity contribution in [2.45, 2.75) is 24.9 Å². The van der Waals surface area contributed by atoms with Crippen molar-refractivity contribution >= 4 is 35.8 Å². The summed E-state index contributed by atoms with van der Waals surface area (Å²) in [7, 11) is 2.82. The number of anilines is 1. The zero-order valence-electron chi connectivity index (χ0n) is 22.1. The molecule has 1 fully saturated rings. The van der Waals surface area contributed by atoms with Gasteiger partial charge in [0.05, 0.1) is 26.3 Å². The number of carbonyl (C=O) groups excluding carboxylic acids is 3. The first kappa shape index (κ1) is 30.2. The highest BCUT2D eigenvalue weighted by Crippen LogP contribution is 2.38. The Kier molecular flexibility index (Phi) is 10.3. The second-order valence-corrected chi connectivity index (χ2v) is 9.08. The molecule has 12 heteroatoms. The first-order chi connectivity index (χ1) is 18.8. The van der Waals surface area contributed by atoms with Gasteiger partial charge in [0.15, 0.2) is 11.5 Å². The summed E-state index contributed by atoms with van der Waals surface area (Å²) in [5, 5.41) is 19.6. The van der Waals surface area contributed by atoms with Gasteiger partial charge in [-0.1, -0.05) is 12.1 Å². The summed E-state index contributed by atoms with van der Waals surface area (Å²) in [5.41, 5.74) is 6.66. The van der Waals surface area contributed by atoms with Crippen LogP contribution >= 0.6 is 12.4 Å². The molecular formula is C28H32ClN5O6. The number of benzene rings is 2. The van der Waals surface area contributed by atoms with Crippen LogP contribution in [0.4, 0.5) is 5.82 Å². The Balaban J connectivity index is 0.00000441. The summed E-state index contributed by atoms with van der Waals surface area (Å²) in [4.78, 5) is 43.0. The molecule has 4 rings (SSSR count). The summed E-state index contributed by atoms with van der Waals surface area (Å²) < 4.78 is 10.5. The molecule has 0 aliphatic carbocycles.